The van der Waals surface area contributed by atoms with E-state index in [2.05, 4.69) is 5.32 Å². The lowest BCUT2D eigenvalue weighted by Gasteiger charge is -2.29. The Morgan fingerprint density at radius 2 is 2.11 bits per heavy atom. The number of amides is 2. The van der Waals surface area contributed by atoms with Gasteiger partial charge in [0.25, 0.3) is 0 Å². The van der Waals surface area contributed by atoms with Gasteiger partial charge in [-0.1, -0.05) is 12.1 Å². The van der Waals surface area contributed by atoms with Gasteiger partial charge in [0, 0.05) is 25.1 Å². The molecule has 0 bridgehead atoms. The summed E-state index contributed by atoms with van der Waals surface area (Å²) in [5.74, 6) is -0.142. The molecular weight excluding hydrogens is 232 g/mol. The molecule has 1 unspecified atom stereocenters. The quantitative estimate of drug-likeness (QED) is 0.708. The Labute approximate surface area is 104 Å². The van der Waals surface area contributed by atoms with Crippen LogP contribution in [0.1, 0.15) is 24.0 Å². The summed E-state index contributed by atoms with van der Waals surface area (Å²) in [7, 11) is 0. The Hall–Kier alpha value is -1.88. The molecule has 94 valence electrons. The number of nitrogens with one attached hydrogen (secondary N) is 1. The normalized spacial score (nSPS) is 23.9. The fraction of sp³-hybridized carbons (Fsp3) is 0.385. The third-order valence-corrected chi connectivity index (χ3v) is 3.63. The van der Waals surface area contributed by atoms with E-state index in [1.807, 2.05) is 17.0 Å². The molecule has 1 aromatic rings. The monoisotopic (exact) mass is 246 g/mol. The molecular formula is C13H14N2O3. The summed E-state index contributed by atoms with van der Waals surface area (Å²) >= 11 is 0. The average molecular weight is 246 g/mol. The molecule has 5 heteroatoms. The Bertz CT molecular complexity index is 527. The number of piperidine rings is 1. The standard InChI is InChI=1S/C13H14N2O3/c16-11-3-1-2-8-6-15(7-9(8)11)10-4-5-12(17)14-13(10)18/h1-3,10,16H,4-7H2,(H,14,17,18). The van der Waals surface area contributed by atoms with Crippen molar-refractivity contribution in [2.75, 3.05) is 0 Å². The summed E-state index contributed by atoms with van der Waals surface area (Å²) in [5, 5.41) is 12.1. The highest BCUT2D eigenvalue weighted by Gasteiger charge is 2.35. The van der Waals surface area contributed by atoms with Gasteiger partial charge in [-0.2, -0.15) is 0 Å². The van der Waals surface area contributed by atoms with Gasteiger partial charge in [0.05, 0.1) is 6.04 Å². The minimum atomic E-state index is -0.269. The van der Waals surface area contributed by atoms with Gasteiger partial charge >= 0.3 is 0 Å². The maximum Gasteiger partial charge on any atom is 0.243 e. The second-order valence-corrected chi connectivity index (χ2v) is 4.79. The molecule has 5 nitrogen and oxygen atoms in total. The topological polar surface area (TPSA) is 69.6 Å². The van der Waals surface area contributed by atoms with Crippen LogP contribution in [0, 0.1) is 0 Å². The first-order valence-electron chi connectivity index (χ1n) is 6.02. The Balaban J connectivity index is 1.80. The van der Waals surface area contributed by atoms with Gasteiger partial charge in [-0.25, -0.2) is 0 Å². The summed E-state index contributed by atoms with van der Waals surface area (Å²) in [6.45, 7) is 1.21. The lowest BCUT2D eigenvalue weighted by atomic mass is 10.0. The van der Waals surface area contributed by atoms with Crippen LogP contribution in [0.2, 0.25) is 0 Å². The molecule has 0 radical (unpaired) electrons. The van der Waals surface area contributed by atoms with Crippen LogP contribution in [-0.4, -0.2) is 27.9 Å². The fourth-order valence-electron chi connectivity index (χ4n) is 2.68. The molecule has 0 aliphatic carbocycles. The highest BCUT2D eigenvalue weighted by molar-refractivity contribution is 6.00. The van der Waals surface area contributed by atoms with Crippen molar-refractivity contribution in [2.24, 2.45) is 0 Å². The molecule has 0 spiro atoms. The van der Waals surface area contributed by atoms with E-state index in [9.17, 15) is 14.7 Å². The van der Waals surface area contributed by atoms with E-state index in [-0.39, 0.29) is 23.6 Å². The number of fused-ring (bicyclic) bond motifs is 1. The first kappa shape index (κ1) is 11.2. The first-order valence-corrected chi connectivity index (χ1v) is 6.02. The number of rotatable bonds is 1. The lowest BCUT2D eigenvalue weighted by Crippen LogP contribution is -2.50. The van der Waals surface area contributed by atoms with Gasteiger partial charge in [0.2, 0.25) is 11.8 Å². The number of phenols is 1. The van der Waals surface area contributed by atoms with E-state index in [0.717, 1.165) is 11.1 Å². The lowest BCUT2D eigenvalue weighted by molar-refractivity contribution is -0.137. The van der Waals surface area contributed by atoms with Crippen LogP contribution in [0.3, 0.4) is 0 Å². The van der Waals surface area contributed by atoms with Crippen LogP contribution in [0.5, 0.6) is 5.75 Å². The van der Waals surface area contributed by atoms with Crippen LogP contribution < -0.4 is 5.32 Å². The van der Waals surface area contributed by atoms with Gasteiger partial charge in [-0.3, -0.25) is 19.8 Å². The maximum absolute atomic E-state index is 11.8. The second-order valence-electron chi connectivity index (χ2n) is 4.79. The highest BCUT2D eigenvalue weighted by atomic mass is 16.3. The number of phenolic OH excluding ortho intramolecular Hbond substituents is 1. The molecule has 2 aliphatic heterocycles. The van der Waals surface area contributed by atoms with Crippen LogP contribution in [0.4, 0.5) is 0 Å². The minimum absolute atomic E-state index is 0.198. The average Bonchev–Trinajstić information content (AvgIpc) is 2.74. The third kappa shape index (κ3) is 1.76. The van der Waals surface area contributed by atoms with Crippen molar-refractivity contribution in [1.29, 1.82) is 0 Å². The molecule has 1 fully saturated rings. The van der Waals surface area contributed by atoms with Gasteiger partial charge in [-0.05, 0) is 18.1 Å². The van der Waals surface area contributed by atoms with E-state index in [4.69, 9.17) is 0 Å². The van der Waals surface area contributed by atoms with Gasteiger partial charge < -0.3 is 5.11 Å². The highest BCUT2D eigenvalue weighted by Crippen LogP contribution is 2.32. The molecule has 0 saturated carbocycles. The van der Waals surface area contributed by atoms with Crippen LogP contribution >= 0.6 is 0 Å². The number of hydrogen-bond acceptors (Lipinski definition) is 4. The zero-order valence-corrected chi connectivity index (χ0v) is 9.85. The zero-order chi connectivity index (χ0) is 12.7. The molecule has 1 saturated heterocycles. The zero-order valence-electron chi connectivity index (χ0n) is 9.85. The van der Waals surface area contributed by atoms with Crippen molar-refractivity contribution < 1.29 is 14.7 Å². The minimum Gasteiger partial charge on any atom is -0.508 e. The molecule has 18 heavy (non-hydrogen) atoms. The molecule has 1 aromatic carbocycles. The number of carbonyl (C=O) groups excluding carboxylic acids is 2. The van der Waals surface area contributed by atoms with Crippen molar-refractivity contribution in [3.05, 3.63) is 29.3 Å². The maximum atomic E-state index is 11.8. The van der Waals surface area contributed by atoms with Gasteiger partial charge in [0.1, 0.15) is 5.75 Å². The van der Waals surface area contributed by atoms with Crippen molar-refractivity contribution in [2.45, 2.75) is 32.0 Å². The van der Waals surface area contributed by atoms with Crippen molar-refractivity contribution in [3.8, 4) is 5.75 Å². The van der Waals surface area contributed by atoms with E-state index in [1.54, 1.807) is 6.07 Å². The predicted molar refractivity (Wildman–Crippen MR) is 63.5 cm³/mol. The molecule has 2 heterocycles. The first-order chi connectivity index (χ1) is 8.65. The van der Waals surface area contributed by atoms with Gasteiger partial charge in [0.15, 0.2) is 0 Å². The van der Waals surface area contributed by atoms with Crippen molar-refractivity contribution >= 4 is 11.8 Å². The summed E-state index contributed by atoms with van der Waals surface area (Å²) in [4.78, 5) is 24.9. The molecule has 2 N–H and O–H groups in total. The molecule has 2 amide bonds. The smallest absolute Gasteiger partial charge is 0.243 e. The predicted octanol–water partition coefficient (Wildman–Crippen LogP) is 0.513. The SMILES string of the molecule is O=C1CCC(N2Cc3cccc(O)c3C2)C(=O)N1. The molecule has 3 rings (SSSR count). The Kier molecular flexibility index (Phi) is 2.56. The third-order valence-electron chi connectivity index (χ3n) is 3.63. The number of hydrogen-bond donors (Lipinski definition) is 2. The van der Waals surface area contributed by atoms with E-state index in [0.29, 0.717) is 25.9 Å². The summed E-state index contributed by atoms with van der Waals surface area (Å²) in [6, 6.07) is 5.16. The number of benzene rings is 1. The summed E-state index contributed by atoms with van der Waals surface area (Å²) in [6.07, 6.45) is 0.939. The number of imide groups is 1. The number of aromatic hydroxyl groups is 1. The second kappa shape index (κ2) is 4.10. The number of nitrogens with zero attached hydrogens (tertiary/aromatic N) is 1. The Morgan fingerprint density at radius 3 is 2.83 bits per heavy atom. The van der Waals surface area contributed by atoms with Crippen molar-refractivity contribution in [3.63, 3.8) is 0 Å². The molecule has 1 atom stereocenters. The molecule has 0 aromatic heterocycles. The van der Waals surface area contributed by atoms with Crippen LogP contribution in [-0.2, 0) is 22.7 Å². The van der Waals surface area contributed by atoms with E-state index < -0.39 is 0 Å². The number of carbonyl (C=O) groups is 2. The summed E-state index contributed by atoms with van der Waals surface area (Å²) in [5.41, 5.74) is 1.95. The largest absolute Gasteiger partial charge is 0.508 e. The van der Waals surface area contributed by atoms with Crippen molar-refractivity contribution in [1.82, 2.24) is 10.2 Å². The summed E-state index contributed by atoms with van der Waals surface area (Å²) < 4.78 is 0. The fourth-order valence-corrected chi connectivity index (χ4v) is 2.68. The molecule has 2 aliphatic rings. The van der Waals surface area contributed by atoms with Crippen LogP contribution in [0.25, 0.3) is 0 Å². The van der Waals surface area contributed by atoms with E-state index in [1.165, 1.54) is 0 Å². The van der Waals surface area contributed by atoms with Gasteiger partial charge in [-0.15, -0.1) is 0 Å². The van der Waals surface area contributed by atoms with Crippen LogP contribution in [0.15, 0.2) is 18.2 Å². The van der Waals surface area contributed by atoms with E-state index >= 15 is 0 Å². The Morgan fingerprint density at radius 1 is 1.28 bits per heavy atom.